The van der Waals surface area contributed by atoms with E-state index in [1.807, 2.05) is 0 Å². The topological polar surface area (TPSA) is 89.9 Å². The number of urea groups is 1. The zero-order chi connectivity index (χ0) is 14.7. The molecule has 0 bridgehead atoms. The summed E-state index contributed by atoms with van der Waals surface area (Å²) in [6.07, 6.45) is 0. The van der Waals surface area contributed by atoms with Crippen molar-refractivity contribution in [3.8, 4) is 0 Å². The molecule has 0 aromatic heterocycles. The van der Waals surface area contributed by atoms with E-state index >= 15 is 0 Å². The Hall–Kier alpha value is -2.57. The summed E-state index contributed by atoms with van der Waals surface area (Å²) in [5.74, 6) is -1.18. The van der Waals surface area contributed by atoms with Gasteiger partial charge in [-0.1, -0.05) is 6.07 Å². The van der Waals surface area contributed by atoms with Crippen LogP contribution in [0.1, 0.15) is 10.4 Å². The number of piperazine rings is 1. The number of hydrogen-bond acceptors (Lipinski definition) is 3. The zero-order valence-electron chi connectivity index (χ0n) is 11.0. The number of benzene rings is 1. The summed E-state index contributed by atoms with van der Waals surface area (Å²) in [5, 5.41) is 11.5. The molecule has 2 N–H and O–H groups in total. The number of nitrogens with one attached hydrogen (secondary N) is 1. The van der Waals surface area contributed by atoms with Gasteiger partial charge in [-0.15, -0.1) is 0 Å². The Morgan fingerprint density at radius 1 is 1.30 bits per heavy atom. The molecule has 1 aromatic rings. The van der Waals surface area contributed by atoms with Crippen LogP contribution in [0.2, 0.25) is 0 Å². The number of carboxylic acid groups (broad SMARTS) is 1. The molecule has 1 aliphatic rings. The van der Waals surface area contributed by atoms with E-state index in [0.717, 1.165) is 0 Å². The molecule has 1 aliphatic heterocycles. The Bertz CT molecular complexity index is 558. The van der Waals surface area contributed by atoms with E-state index in [-0.39, 0.29) is 18.0 Å². The van der Waals surface area contributed by atoms with Crippen molar-refractivity contribution in [1.29, 1.82) is 0 Å². The van der Waals surface area contributed by atoms with E-state index in [0.29, 0.717) is 18.8 Å². The second kappa shape index (κ2) is 5.60. The Balaban J connectivity index is 2.03. The van der Waals surface area contributed by atoms with Crippen LogP contribution in [0.25, 0.3) is 0 Å². The SMILES string of the molecule is CN1CCN(C(=O)Nc2cccc(C(=O)O)c2)CC1=O. The Morgan fingerprint density at radius 3 is 2.70 bits per heavy atom. The summed E-state index contributed by atoms with van der Waals surface area (Å²) in [7, 11) is 1.69. The van der Waals surface area contributed by atoms with Gasteiger partial charge < -0.3 is 20.2 Å². The lowest BCUT2D eigenvalue weighted by Gasteiger charge is -2.31. The van der Waals surface area contributed by atoms with E-state index in [2.05, 4.69) is 5.32 Å². The van der Waals surface area contributed by atoms with Crippen LogP contribution in [0.15, 0.2) is 24.3 Å². The largest absolute Gasteiger partial charge is 0.478 e. The third-order valence-corrected chi connectivity index (χ3v) is 3.11. The molecule has 106 valence electrons. The van der Waals surface area contributed by atoms with E-state index < -0.39 is 12.0 Å². The first kappa shape index (κ1) is 13.9. The molecule has 0 spiro atoms. The Labute approximate surface area is 115 Å². The van der Waals surface area contributed by atoms with Gasteiger partial charge in [0, 0.05) is 25.8 Å². The number of carbonyl (C=O) groups excluding carboxylic acids is 2. The molecule has 1 aromatic carbocycles. The lowest BCUT2D eigenvalue weighted by molar-refractivity contribution is -0.133. The lowest BCUT2D eigenvalue weighted by atomic mass is 10.2. The van der Waals surface area contributed by atoms with Crippen LogP contribution in [-0.2, 0) is 4.79 Å². The van der Waals surface area contributed by atoms with Gasteiger partial charge in [0.1, 0.15) is 6.54 Å². The third kappa shape index (κ3) is 3.05. The van der Waals surface area contributed by atoms with Gasteiger partial charge in [0.05, 0.1) is 5.56 Å². The maximum Gasteiger partial charge on any atom is 0.335 e. The van der Waals surface area contributed by atoms with Crippen molar-refractivity contribution in [2.75, 3.05) is 32.0 Å². The van der Waals surface area contributed by atoms with Crippen molar-refractivity contribution in [3.63, 3.8) is 0 Å². The predicted octanol–water partition coefficient (Wildman–Crippen LogP) is 0.691. The number of amides is 3. The van der Waals surface area contributed by atoms with Crippen LogP contribution in [0.3, 0.4) is 0 Å². The highest BCUT2D eigenvalue weighted by molar-refractivity contribution is 5.95. The van der Waals surface area contributed by atoms with Gasteiger partial charge in [-0.25, -0.2) is 9.59 Å². The van der Waals surface area contributed by atoms with Gasteiger partial charge >= 0.3 is 12.0 Å². The molecule has 1 heterocycles. The fourth-order valence-electron chi connectivity index (χ4n) is 1.86. The van der Waals surface area contributed by atoms with Crippen LogP contribution < -0.4 is 5.32 Å². The molecule has 0 aliphatic carbocycles. The first-order chi connectivity index (χ1) is 9.47. The minimum absolute atomic E-state index is 0.0287. The fourth-order valence-corrected chi connectivity index (χ4v) is 1.86. The number of aromatic carboxylic acids is 1. The molecule has 0 atom stereocenters. The van der Waals surface area contributed by atoms with Crippen molar-refractivity contribution in [1.82, 2.24) is 9.80 Å². The molecule has 1 saturated heterocycles. The van der Waals surface area contributed by atoms with Gasteiger partial charge in [-0.05, 0) is 18.2 Å². The van der Waals surface area contributed by atoms with Crippen LogP contribution >= 0.6 is 0 Å². The molecule has 0 radical (unpaired) electrons. The molecular formula is C13H15N3O4. The van der Waals surface area contributed by atoms with Crippen molar-refractivity contribution in [2.24, 2.45) is 0 Å². The van der Waals surface area contributed by atoms with E-state index in [9.17, 15) is 14.4 Å². The smallest absolute Gasteiger partial charge is 0.335 e. The van der Waals surface area contributed by atoms with Gasteiger partial charge in [0.25, 0.3) is 0 Å². The summed E-state index contributed by atoms with van der Waals surface area (Å²) in [6.45, 7) is 0.967. The molecule has 1 fully saturated rings. The number of hydrogen-bond donors (Lipinski definition) is 2. The normalized spacial score (nSPS) is 15.2. The number of carboxylic acids is 1. The Morgan fingerprint density at radius 2 is 2.05 bits per heavy atom. The fraction of sp³-hybridized carbons (Fsp3) is 0.308. The van der Waals surface area contributed by atoms with Gasteiger partial charge in [-0.3, -0.25) is 4.79 Å². The maximum absolute atomic E-state index is 12.0. The zero-order valence-corrected chi connectivity index (χ0v) is 11.0. The molecule has 7 nitrogen and oxygen atoms in total. The van der Waals surface area contributed by atoms with Crippen LogP contribution in [-0.4, -0.2) is 59.5 Å². The van der Waals surface area contributed by atoms with Crippen LogP contribution in [0.4, 0.5) is 10.5 Å². The Kier molecular flexibility index (Phi) is 3.88. The first-order valence-corrected chi connectivity index (χ1v) is 6.10. The number of carbonyl (C=O) groups is 3. The minimum Gasteiger partial charge on any atom is -0.478 e. The van der Waals surface area contributed by atoms with E-state index in [1.165, 1.54) is 17.0 Å². The summed E-state index contributed by atoms with van der Waals surface area (Å²) in [4.78, 5) is 37.3. The average Bonchev–Trinajstić information content (AvgIpc) is 2.42. The molecule has 7 heteroatoms. The molecule has 20 heavy (non-hydrogen) atoms. The van der Waals surface area contributed by atoms with Crippen molar-refractivity contribution < 1.29 is 19.5 Å². The summed E-state index contributed by atoms with van der Waals surface area (Å²) in [5.41, 5.74) is 0.485. The standard InChI is InChI=1S/C13H15N3O4/c1-15-5-6-16(8-11(15)17)13(20)14-10-4-2-3-9(7-10)12(18)19/h2-4,7H,5-6,8H2,1H3,(H,14,20)(H,18,19). The molecule has 2 rings (SSSR count). The summed E-state index contributed by atoms with van der Waals surface area (Å²) in [6, 6.07) is 5.56. The lowest BCUT2D eigenvalue weighted by Crippen LogP contribution is -2.51. The van der Waals surface area contributed by atoms with Gasteiger partial charge in [-0.2, -0.15) is 0 Å². The van der Waals surface area contributed by atoms with E-state index in [4.69, 9.17) is 5.11 Å². The quantitative estimate of drug-likeness (QED) is 0.832. The van der Waals surface area contributed by atoms with Gasteiger partial charge in [0.2, 0.25) is 5.91 Å². The number of rotatable bonds is 2. The minimum atomic E-state index is -1.06. The molecular weight excluding hydrogens is 262 g/mol. The highest BCUT2D eigenvalue weighted by atomic mass is 16.4. The predicted molar refractivity (Wildman–Crippen MR) is 71.6 cm³/mol. The summed E-state index contributed by atoms with van der Waals surface area (Å²) >= 11 is 0. The second-order valence-corrected chi connectivity index (χ2v) is 4.55. The molecule has 0 saturated carbocycles. The molecule has 3 amide bonds. The van der Waals surface area contributed by atoms with E-state index in [1.54, 1.807) is 24.1 Å². The third-order valence-electron chi connectivity index (χ3n) is 3.11. The summed E-state index contributed by atoms with van der Waals surface area (Å²) < 4.78 is 0. The van der Waals surface area contributed by atoms with Crippen molar-refractivity contribution in [3.05, 3.63) is 29.8 Å². The monoisotopic (exact) mass is 277 g/mol. The number of nitrogens with zero attached hydrogens (tertiary/aromatic N) is 2. The van der Waals surface area contributed by atoms with Crippen molar-refractivity contribution in [2.45, 2.75) is 0 Å². The van der Waals surface area contributed by atoms with Crippen LogP contribution in [0.5, 0.6) is 0 Å². The van der Waals surface area contributed by atoms with Crippen LogP contribution in [0, 0.1) is 0 Å². The first-order valence-electron chi connectivity index (χ1n) is 6.10. The highest BCUT2D eigenvalue weighted by Gasteiger charge is 2.24. The average molecular weight is 277 g/mol. The van der Waals surface area contributed by atoms with Gasteiger partial charge in [0.15, 0.2) is 0 Å². The second-order valence-electron chi connectivity index (χ2n) is 4.55. The van der Waals surface area contributed by atoms with Crippen molar-refractivity contribution >= 4 is 23.6 Å². The number of likely N-dealkylation sites (N-methyl/N-ethyl adjacent to an activating group) is 1. The highest BCUT2D eigenvalue weighted by Crippen LogP contribution is 2.12. The molecule has 0 unspecified atom stereocenters. The maximum atomic E-state index is 12.0. The number of anilines is 1.